The Morgan fingerprint density at radius 1 is 1.03 bits per heavy atom. The summed E-state index contributed by atoms with van der Waals surface area (Å²) in [7, 11) is -1.99. The average Bonchev–Trinajstić information content (AvgIpc) is 2.72. The number of aromatic nitrogens is 2. The molecule has 0 saturated carbocycles. The third-order valence-electron chi connectivity index (χ3n) is 4.04. The molecule has 0 amide bonds. The van der Waals surface area contributed by atoms with Crippen molar-refractivity contribution >= 4 is 43.4 Å². The number of sulfonamides is 1. The number of nitrogens with one attached hydrogen (secondary N) is 3. The van der Waals surface area contributed by atoms with Gasteiger partial charge in [0, 0.05) is 35.0 Å². The van der Waals surface area contributed by atoms with Crippen LogP contribution in [0.3, 0.4) is 0 Å². The number of hydrogen-bond donors (Lipinski definition) is 3. The molecular weight excluding hydrogens is 470 g/mol. The molecule has 0 spiro atoms. The minimum atomic E-state index is -3.61. The summed E-state index contributed by atoms with van der Waals surface area (Å²) < 4.78 is 33.0. The second-order valence-corrected chi connectivity index (χ2v) is 8.92. The third kappa shape index (κ3) is 5.91. The molecule has 3 N–H and O–H groups in total. The van der Waals surface area contributed by atoms with Crippen LogP contribution in [0, 0.1) is 6.92 Å². The van der Waals surface area contributed by atoms with Crippen molar-refractivity contribution in [3.8, 4) is 5.75 Å². The Labute approximate surface area is 184 Å². The van der Waals surface area contributed by atoms with Crippen molar-refractivity contribution in [3.63, 3.8) is 0 Å². The fourth-order valence-electron chi connectivity index (χ4n) is 2.63. The number of methoxy groups -OCH3 is 1. The summed E-state index contributed by atoms with van der Waals surface area (Å²) in [5.41, 5.74) is 1.64. The number of hydrogen-bond acceptors (Lipinski definition) is 7. The smallest absolute Gasteiger partial charge is 0.241 e. The quantitative estimate of drug-likeness (QED) is 0.392. The highest BCUT2D eigenvalue weighted by atomic mass is 79.9. The molecule has 2 aromatic carbocycles. The number of benzene rings is 2. The summed E-state index contributed by atoms with van der Waals surface area (Å²) in [5.74, 6) is 1.81. The van der Waals surface area contributed by atoms with E-state index in [1.54, 1.807) is 31.4 Å². The standard InChI is InChI=1S/C20H22BrN5O3S/c1-14-13-19(25-15-7-9-16(29-2)10-8-15)26-20(24-14)22-11-12-23-30(27,28)18-6-4-3-5-17(18)21/h3-10,13,23H,11-12H2,1-2H3,(H2,22,24,25,26). The minimum Gasteiger partial charge on any atom is -0.497 e. The van der Waals surface area contributed by atoms with E-state index in [0.717, 1.165) is 17.1 Å². The van der Waals surface area contributed by atoms with Gasteiger partial charge in [-0.05, 0) is 59.3 Å². The Morgan fingerprint density at radius 2 is 1.77 bits per heavy atom. The molecule has 0 aliphatic heterocycles. The summed E-state index contributed by atoms with van der Waals surface area (Å²) in [6, 6.07) is 16.0. The van der Waals surface area contributed by atoms with Crippen molar-refractivity contribution in [3.05, 3.63) is 64.8 Å². The van der Waals surface area contributed by atoms with Crippen LogP contribution in [-0.4, -0.2) is 38.6 Å². The first-order valence-corrected chi connectivity index (χ1v) is 11.4. The summed E-state index contributed by atoms with van der Waals surface area (Å²) >= 11 is 3.26. The van der Waals surface area contributed by atoms with E-state index in [1.165, 1.54) is 0 Å². The Hall–Kier alpha value is -2.69. The number of halogens is 1. The maximum Gasteiger partial charge on any atom is 0.241 e. The van der Waals surface area contributed by atoms with Crippen LogP contribution in [0.2, 0.25) is 0 Å². The number of aryl methyl sites for hydroxylation is 1. The molecule has 0 aliphatic carbocycles. The van der Waals surface area contributed by atoms with E-state index in [-0.39, 0.29) is 11.4 Å². The lowest BCUT2D eigenvalue weighted by Crippen LogP contribution is -2.29. The fourth-order valence-corrected chi connectivity index (χ4v) is 4.67. The van der Waals surface area contributed by atoms with Crippen LogP contribution in [0.1, 0.15) is 5.69 Å². The van der Waals surface area contributed by atoms with Gasteiger partial charge in [-0.25, -0.2) is 18.1 Å². The Bertz CT molecular complexity index is 1110. The first-order chi connectivity index (χ1) is 14.4. The van der Waals surface area contributed by atoms with Gasteiger partial charge >= 0.3 is 0 Å². The second-order valence-electron chi connectivity index (χ2n) is 6.33. The highest BCUT2D eigenvalue weighted by Crippen LogP contribution is 2.21. The maximum atomic E-state index is 12.4. The van der Waals surface area contributed by atoms with Crippen LogP contribution in [0.15, 0.2) is 64.0 Å². The zero-order valence-electron chi connectivity index (χ0n) is 16.5. The SMILES string of the molecule is COc1ccc(Nc2cc(C)nc(NCCNS(=O)(=O)c3ccccc3Br)n2)cc1. The van der Waals surface area contributed by atoms with Crippen molar-refractivity contribution < 1.29 is 13.2 Å². The third-order valence-corrected chi connectivity index (χ3v) is 6.52. The monoisotopic (exact) mass is 491 g/mol. The van der Waals surface area contributed by atoms with Gasteiger partial charge < -0.3 is 15.4 Å². The molecule has 0 saturated heterocycles. The van der Waals surface area contributed by atoms with Crippen LogP contribution in [0.5, 0.6) is 5.75 Å². The van der Waals surface area contributed by atoms with Crippen molar-refractivity contribution in [2.24, 2.45) is 0 Å². The summed E-state index contributed by atoms with van der Waals surface area (Å²) in [6.45, 7) is 2.37. The van der Waals surface area contributed by atoms with Crippen LogP contribution >= 0.6 is 15.9 Å². The van der Waals surface area contributed by atoms with Crippen molar-refractivity contribution in [1.29, 1.82) is 0 Å². The molecule has 10 heteroatoms. The molecule has 158 valence electrons. The Morgan fingerprint density at radius 3 is 2.47 bits per heavy atom. The van der Waals surface area contributed by atoms with Gasteiger partial charge in [0.2, 0.25) is 16.0 Å². The van der Waals surface area contributed by atoms with Crippen LogP contribution in [-0.2, 0) is 10.0 Å². The van der Waals surface area contributed by atoms with E-state index in [2.05, 4.69) is 41.3 Å². The van der Waals surface area contributed by atoms with Gasteiger partial charge in [0.15, 0.2) is 0 Å². The number of anilines is 3. The number of nitrogens with zero attached hydrogens (tertiary/aromatic N) is 2. The van der Waals surface area contributed by atoms with Crippen LogP contribution in [0.4, 0.5) is 17.5 Å². The van der Waals surface area contributed by atoms with Crippen molar-refractivity contribution in [1.82, 2.24) is 14.7 Å². The number of rotatable bonds is 9. The average molecular weight is 492 g/mol. The minimum absolute atomic E-state index is 0.183. The molecule has 0 aliphatic rings. The van der Waals surface area contributed by atoms with Crippen LogP contribution in [0.25, 0.3) is 0 Å². The van der Waals surface area contributed by atoms with Crippen molar-refractivity contribution in [2.45, 2.75) is 11.8 Å². The Balaban J connectivity index is 1.58. The fraction of sp³-hybridized carbons (Fsp3) is 0.200. The zero-order chi connectivity index (χ0) is 21.6. The van der Waals surface area contributed by atoms with Gasteiger partial charge in [-0.15, -0.1) is 0 Å². The molecule has 0 radical (unpaired) electrons. The topological polar surface area (TPSA) is 105 Å². The molecule has 0 unspecified atom stereocenters. The van der Waals surface area contributed by atoms with E-state index in [4.69, 9.17) is 4.74 Å². The van der Waals surface area contributed by atoms with E-state index in [1.807, 2.05) is 37.3 Å². The molecule has 0 fully saturated rings. The van der Waals surface area contributed by atoms with Gasteiger partial charge in [-0.1, -0.05) is 12.1 Å². The largest absolute Gasteiger partial charge is 0.497 e. The summed E-state index contributed by atoms with van der Waals surface area (Å²) in [4.78, 5) is 8.97. The predicted octanol–water partition coefficient (Wildman–Crippen LogP) is 3.69. The first-order valence-electron chi connectivity index (χ1n) is 9.12. The van der Waals surface area contributed by atoms with E-state index in [0.29, 0.717) is 22.8 Å². The Kier molecular flexibility index (Phi) is 7.24. The van der Waals surface area contributed by atoms with E-state index in [9.17, 15) is 8.42 Å². The highest BCUT2D eigenvalue weighted by Gasteiger charge is 2.16. The van der Waals surface area contributed by atoms with Gasteiger partial charge in [-0.2, -0.15) is 4.98 Å². The molecule has 8 nitrogen and oxygen atoms in total. The van der Waals surface area contributed by atoms with Gasteiger partial charge in [0.1, 0.15) is 11.6 Å². The molecule has 0 atom stereocenters. The summed E-state index contributed by atoms with van der Waals surface area (Å²) in [6.07, 6.45) is 0. The van der Waals surface area contributed by atoms with E-state index >= 15 is 0 Å². The number of ether oxygens (including phenoxy) is 1. The first kappa shape index (κ1) is 22.0. The molecular formula is C20H22BrN5O3S. The maximum absolute atomic E-state index is 12.4. The lowest BCUT2D eigenvalue weighted by Gasteiger charge is -2.11. The lowest BCUT2D eigenvalue weighted by atomic mass is 10.3. The molecule has 3 rings (SSSR count). The molecule has 3 aromatic rings. The normalized spacial score (nSPS) is 11.2. The second kappa shape index (κ2) is 9.88. The molecule has 1 aromatic heterocycles. The lowest BCUT2D eigenvalue weighted by molar-refractivity contribution is 0.415. The highest BCUT2D eigenvalue weighted by molar-refractivity contribution is 9.10. The zero-order valence-corrected chi connectivity index (χ0v) is 18.9. The molecule has 0 bridgehead atoms. The van der Waals surface area contributed by atoms with Gasteiger partial charge in [0.25, 0.3) is 0 Å². The predicted molar refractivity (Wildman–Crippen MR) is 121 cm³/mol. The van der Waals surface area contributed by atoms with Crippen molar-refractivity contribution in [2.75, 3.05) is 30.8 Å². The van der Waals surface area contributed by atoms with Gasteiger partial charge in [0.05, 0.1) is 12.0 Å². The molecule has 1 heterocycles. The summed E-state index contributed by atoms with van der Waals surface area (Å²) in [5, 5.41) is 6.26. The molecule has 30 heavy (non-hydrogen) atoms. The van der Waals surface area contributed by atoms with E-state index < -0.39 is 10.0 Å². The van der Waals surface area contributed by atoms with Crippen LogP contribution < -0.4 is 20.1 Å². The van der Waals surface area contributed by atoms with Gasteiger partial charge in [-0.3, -0.25) is 0 Å².